The van der Waals surface area contributed by atoms with Gasteiger partial charge in [-0.05, 0) is 32.2 Å². The monoisotopic (exact) mass is 293 g/mol. The van der Waals surface area contributed by atoms with E-state index in [1.54, 1.807) is 11.3 Å². The molecule has 0 aliphatic heterocycles. The summed E-state index contributed by atoms with van der Waals surface area (Å²) in [6.45, 7) is 5.98. The highest BCUT2D eigenvalue weighted by atomic mass is 32.1. The van der Waals surface area contributed by atoms with Crippen molar-refractivity contribution >= 4 is 17.2 Å². The Morgan fingerprint density at radius 3 is 2.90 bits per heavy atom. The van der Waals surface area contributed by atoms with E-state index in [0.29, 0.717) is 23.9 Å². The smallest absolute Gasteiger partial charge is 0.236 e. The molecule has 0 fully saturated rings. The zero-order valence-corrected chi connectivity index (χ0v) is 12.7. The predicted octanol–water partition coefficient (Wildman–Crippen LogP) is 2.11. The van der Waals surface area contributed by atoms with Gasteiger partial charge in [-0.1, -0.05) is 6.07 Å². The summed E-state index contributed by atoms with van der Waals surface area (Å²) in [5.74, 6) is 1.14. The summed E-state index contributed by atoms with van der Waals surface area (Å²) in [5, 5.41) is 4.85. The van der Waals surface area contributed by atoms with Gasteiger partial charge < -0.3 is 15.5 Å². The molecule has 0 radical (unpaired) electrons. The first kappa shape index (κ1) is 14.7. The second-order valence-electron chi connectivity index (χ2n) is 5.31. The van der Waals surface area contributed by atoms with E-state index in [9.17, 15) is 4.79 Å². The van der Waals surface area contributed by atoms with Crippen LogP contribution in [0.15, 0.2) is 21.9 Å². The molecule has 2 rings (SSSR count). The summed E-state index contributed by atoms with van der Waals surface area (Å²) in [5.41, 5.74) is 5.85. The lowest BCUT2D eigenvalue weighted by atomic mass is 10.1. The number of aromatic nitrogens is 1. The number of carbonyl (C=O) groups is 1. The van der Waals surface area contributed by atoms with E-state index in [0.717, 1.165) is 4.88 Å². The summed E-state index contributed by atoms with van der Waals surface area (Å²) in [4.78, 5) is 17.3. The highest BCUT2D eigenvalue weighted by molar-refractivity contribution is 7.13. The summed E-state index contributed by atoms with van der Waals surface area (Å²) in [7, 11) is 0. The fourth-order valence-electron chi connectivity index (χ4n) is 1.72. The molecule has 0 bridgehead atoms. The van der Waals surface area contributed by atoms with Gasteiger partial charge in [-0.3, -0.25) is 4.79 Å². The van der Waals surface area contributed by atoms with Crippen LogP contribution in [0.3, 0.4) is 0 Å². The number of carbonyl (C=O) groups excluding carboxylic acids is 1. The molecule has 6 heteroatoms. The standard InChI is InChI=1S/C14H19N3O2S/c1-9-10(7-12(18)17-14(2,3)8-15)16-13(19-9)11-5-4-6-20-11/h4-6H,7-8,15H2,1-3H3,(H,17,18). The molecule has 5 nitrogen and oxygen atoms in total. The average molecular weight is 293 g/mol. The molecule has 0 saturated heterocycles. The SMILES string of the molecule is Cc1oc(-c2cccs2)nc1CC(=O)NC(C)(C)CN. The molecule has 3 N–H and O–H groups in total. The molecule has 108 valence electrons. The number of thiophene rings is 1. The third-order valence-electron chi connectivity index (χ3n) is 2.94. The van der Waals surface area contributed by atoms with Crippen molar-refractivity contribution in [1.82, 2.24) is 10.3 Å². The lowest BCUT2D eigenvalue weighted by molar-refractivity contribution is -0.122. The van der Waals surface area contributed by atoms with Gasteiger partial charge in [0, 0.05) is 12.1 Å². The average Bonchev–Trinajstić information content (AvgIpc) is 2.99. The molecule has 0 spiro atoms. The molecular weight excluding hydrogens is 274 g/mol. The van der Waals surface area contributed by atoms with Gasteiger partial charge in [-0.2, -0.15) is 0 Å². The quantitative estimate of drug-likeness (QED) is 0.884. The minimum absolute atomic E-state index is 0.102. The third kappa shape index (κ3) is 3.46. The van der Waals surface area contributed by atoms with Gasteiger partial charge in [-0.25, -0.2) is 4.98 Å². The number of rotatable bonds is 5. The molecule has 0 aliphatic carbocycles. The number of oxazole rings is 1. The zero-order chi connectivity index (χ0) is 14.8. The Balaban J connectivity index is 2.09. The first-order valence-corrected chi connectivity index (χ1v) is 7.30. The number of aryl methyl sites for hydroxylation is 1. The maximum atomic E-state index is 12.0. The second kappa shape index (κ2) is 5.76. The topological polar surface area (TPSA) is 81.2 Å². The van der Waals surface area contributed by atoms with Crippen molar-refractivity contribution in [3.63, 3.8) is 0 Å². The normalized spacial score (nSPS) is 11.6. The fourth-order valence-corrected chi connectivity index (χ4v) is 2.37. The first-order chi connectivity index (χ1) is 9.41. The van der Waals surface area contributed by atoms with Crippen LogP contribution in [0, 0.1) is 6.92 Å². The van der Waals surface area contributed by atoms with E-state index in [1.165, 1.54) is 0 Å². The molecule has 0 aliphatic rings. The largest absolute Gasteiger partial charge is 0.440 e. The highest BCUT2D eigenvalue weighted by Crippen LogP contribution is 2.26. The molecule has 20 heavy (non-hydrogen) atoms. The van der Waals surface area contributed by atoms with Crippen LogP contribution in [0.4, 0.5) is 0 Å². The number of nitrogens with zero attached hydrogens (tertiary/aromatic N) is 1. The van der Waals surface area contributed by atoms with E-state index < -0.39 is 5.54 Å². The van der Waals surface area contributed by atoms with E-state index in [2.05, 4.69) is 10.3 Å². The summed E-state index contributed by atoms with van der Waals surface area (Å²) >= 11 is 1.56. The van der Waals surface area contributed by atoms with Crippen LogP contribution in [-0.2, 0) is 11.2 Å². The van der Waals surface area contributed by atoms with Crippen molar-refractivity contribution in [2.45, 2.75) is 32.7 Å². The second-order valence-corrected chi connectivity index (χ2v) is 6.26. The molecule has 0 unspecified atom stereocenters. The molecule has 0 aromatic carbocycles. The maximum Gasteiger partial charge on any atom is 0.236 e. The van der Waals surface area contributed by atoms with Crippen molar-refractivity contribution in [3.05, 3.63) is 29.0 Å². The number of amides is 1. The molecule has 2 aromatic rings. The zero-order valence-electron chi connectivity index (χ0n) is 11.9. The van der Waals surface area contributed by atoms with Gasteiger partial charge in [0.25, 0.3) is 0 Å². The van der Waals surface area contributed by atoms with Crippen LogP contribution in [-0.4, -0.2) is 23.0 Å². The Kier molecular flexibility index (Phi) is 4.25. The summed E-state index contributed by atoms with van der Waals surface area (Å²) < 4.78 is 5.61. The van der Waals surface area contributed by atoms with Crippen LogP contribution < -0.4 is 11.1 Å². The Morgan fingerprint density at radius 2 is 2.30 bits per heavy atom. The minimum atomic E-state index is -0.411. The number of hydrogen-bond acceptors (Lipinski definition) is 5. The number of hydrogen-bond donors (Lipinski definition) is 2. The Labute approximate surface area is 122 Å². The molecule has 0 atom stereocenters. The Morgan fingerprint density at radius 1 is 1.55 bits per heavy atom. The van der Waals surface area contributed by atoms with Crippen molar-refractivity contribution in [2.24, 2.45) is 5.73 Å². The lowest BCUT2D eigenvalue weighted by Gasteiger charge is -2.23. The van der Waals surface area contributed by atoms with Crippen molar-refractivity contribution in [2.75, 3.05) is 6.54 Å². The first-order valence-electron chi connectivity index (χ1n) is 6.42. The summed E-state index contributed by atoms with van der Waals surface area (Å²) in [6.07, 6.45) is 0.199. The van der Waals surface area contributed by atoms with Gasteiger partial charge in [0.2, 0.25) is 11.8 Å². The molecule has 0 saturated carbocycles. The van der Waals surface area contributed by atoms with Crippen LogP contribution in [0.5, 0.6) is 0 Å². The van der Waals surface area contributed by atoms with Gasteiger partial charge in [0.1, 0.15) is 5.76 Å². The van der Waals surface area contributed by atoms with Gasteiger partial charge in [0.05, 0.1) is 17.0 Å². The van der Waals surface area contributed by atoms with E-state index in [-0.39, 0.29) is 12.3 Å². The number of nitrogens with two attached hydrogens (primary N) is 1. The molecule has 1 amide bonds. The van der Waals surface area contributed by atoms with Gasteiger partial charge >= 0.3 is 0 Å². The third-order valence-corrected chi connectivity index (χ3v) is 3.80. The Hall–Kier alpha value is -1.66. The van der Waals surface area contributed by atoms with Crippen LogP contribution >= 0.6 is 11.3 Å². The maximum absolute atomic E-state index is 12.0. The lowest BCUT2D eigenvalue weighted by Crippen LogP contribution is -2.49. The molecule has 2 aromatic heterocycles. The minimum Gasteiger partial charge on any atom is -0.440 e. The van der Waals surface area contributed by atoms with Gasteiger partial charge in [-0.15, -0.1) is 11.3 Å². The van der Waals surface area contributed by atoms with Crippen LogP contribution in [0.25, 0.3) is 10.8 Å². The van der Waals surface area contributed by atoms with E-state index >= 15 is 0 Å². The van der Waals surface area contributed by atoms with E-state index in [4.69, 9.17) is 10.2 Å². The van der Waals surface area contributed by atoms with E-state index in [1.807, 2.05) is 38.3 Å². The highest BCUT2D eigenvalue weighted by Gasteiger charge is 2.21. The predicted molar refractivity (Wildman–Crippen MR) is 79.5 cm³/mol. The van der Waals surface area contributed by atoms with Crippen molar-refractivity contribution in [1.29, 1.82) is 0 Å². The Bertz CT molecular complexity index is 588. The van der Waals surface area contributed by atoms with Crippen molar-refractivity contribution in [3.8, 4) is 10.8 Å². The molecule has 2 heterocycles. The van der Waals surface area contributed by atoms with Crippen LogP contribution in [0.2, 0.25) is 0 Å². The van der Waals surface area contributed by atoms with Crippen LogP contribution in [0.1, 0.15) is 25.3 Å². The number of nitrogens with one attached hydrogen (secondary N) is 1. The summed E-state index contributed by atoms with van der Waals surface area (Å²) in [6, 6.07) is 3.88. The fraction of sp³-hybridized carbons (Fsp3) is 0.429. The van der Waals surface area contributed by atoms with Gasteiger partial charge in [0.15, 0.2) is 0 Å². The van der Waals surface area contributed by atoms with Crippen molar-refractivity contribution < 1.29 is 9.21 Å². The molecular formula is C14H19N3O2S.